The summed E-state index contributed by atoms with van der Waals surface area (Å²) in [6.07, 6.45) is 1.89. The highest BCUT2D eigenvalue weighted by atomic mass is 32.2. The van der Waals surface area contributed by atoms with Crippen molar-refractivity contribution in [2.24, 2.45) is 0 Å². The number of benzene rings is 13. The van der Waals surface area contributed by atoms with Crippen LogP contribution in [-0.2, 0) is 0 Å². The first-order valence-electron chi connectivity index (χ1n) is 31.4. The van der Waals surface area contributed by atoms with E-state index in [1.807, 2.05) is 35.8 Å². The molecule has 5 heterocycles. The van der Waals surface area contributed by atoms with Crippen molar-refractivity contribution in [3.8, 4) is 33.5 Å². The summed E-state index contributed by atoms with van der Waals surface area (Å²) in [5, 5.41) is 0. The molecular formula is C83H55B2N5S2. The van der Waals surface area contributed by atoms with E-state index in [4.69, 9.17) is 4.98 Å². The normalized spacial score (nSPS) is 12.8. The van der Waals surface area contributed by atoms with Gasteiger partial charge in [0.25, 0.3) is 0 Å². The van der Waals surface area contributed by atoms with E-state index in [2.05, 4.69) is 341 Å². The molecule has 0 N–H and O–H groups in total. The van der Waals surface area contributed by atoms with Gasteiger partial charge in [-0.05, 0) is 142 Å². The molecule has 430 valence electrons. The molecule has 0 amide bonds. The summed E-state index contributed by atoms with van der Waals surface area (Å²) in [5.74, 6) is 0. The molecule has 14 aromatic rings. The first-order valence-corrected chi connectivity index (χ1v) is 33.0. The number of nitrogens with zero attached hydrogens (tertiary/aromatic N) is 5. The molecule has 5 nitrogen and oxygen atoms in total. The van der Waals surface area contributed by atoms with Gasteiger partial charge in [0, 0.05) is 99.3 Å². The van der Waals surface area contributed by atoms with E-state index in [0.29, 0.717) is 0 Å². The predicted molar refractivity (Wildman–Crippen MR) is 390 cm³/mol. The van der Waals surface area contributed by atoms with Gasteiger partial charge in [-0.15, -0.1) is 0 Å². The Labute approximate surface area is 545 Å². The average Bonchev–Trinajstić information content (AvgIpc) is 0.691. The van der Waals surface area contributed by atoms with Gasteiger partial charge in [0.05, 0.1) is 17.1 Å². The Morgan fingerprint density at radius 1 is 0.293 bits per heavy atom. The van der Waals surface area contributed by atoms with E-state index in [9.17, 15) is 0 Å². The molecule has 1 aromatic heterocycles. The summed E-state index contributed by atoms with van der Waals surface area (Å²) in [4.78, 5) is 20.1. The van der Waals surface area contributed by atoms with Crippen LogP contribution in [0.1, 0.15) is 0 Å². The second-order valence-electron chi connectivity index (χ2n) is 23.7. The lowest BCUT2D eigenvalue weighted by atomic mass is 9.31. The summed E-state index contributed by atoms with van der Waals surface area (Å²) in [6.45, 7) is -0.223. The Balaban J connectivity index is 0.967. The van der Waals surface area contributed by atoms with Crippen LogP contribution in [0.2, 0.25) is 0 Å². The highest BCUT2D eigenvalue weighted by Gasteiger charge is 2.47. The summed E-state index contributed by atoms with van der Waals surface area (Å²) in [5.41, 5.74) is 27.5. The second-order valence-corrected chi connectivity index (χ2v) is 25.9. The maximum Gasteiger partial charge on any atom is 0.249 e. The predicted octanol–water partition coefficient (Wildman–Crippen LogP) is 18.6. The van der Waals surface area contributed by atoms with E-state index in [1.165, 1.54) is 52.4 Å². The molecule has 9 heteroatoms. The summed E-state index contributed by atoms with van der Waals surface area (Å²) >= 11 is 3.78. The Hall–Kier alpha value is -11.0. The minimum absolute atomic E-state index is 0.107. The van der Waals surface area contributed by atoms with Gasteiger partial charge in [-0.3, -0.25) is 4.98 Å². The number of pyridine rings is 1. The van der Waals surface area contributed by atoms with Gasteiger partial charge >= 0.3 is 0 Å². The number of rotatable bonds is 11. The standard InChI is InChI=1S/C83H55B2N5S2/c1-7-28-56(29-8-1)64-41-27-42-65(57-30-9-2-10-31-57)83(64)90-74-55-73-69(54-70(74)85-68-44-21-24-48-78(68)91-79-52-62(50-76(90)82(79)85)87(58-32-11-3-12-33-58)59-34-13-4-14-35-59)84-67-43-20-23-47-77(67)92-80-53-63(51-75(81(80)84)89(73)61-38-17-6-18-39-61)88(60-36-15-5-16-37-60)72-46-22-19-40-66(72)71-45-25-26-49-86-71/h1-55H. The molecule has 0 aliphatic carbocycles. The van der Waals surface area contributed by atoms with Gasteiger partial charge in [0.15, 0.2) is 0 Å². The molecule has 0 bridgehead atoms. The van der Waals surface area contributed by atoms with Crippen molar-refractivity contribution in [3.05, 3.63) is 334 Å². The molecule has 4 aliphatic heterocycles. The highest BCUT2D eigenvalue weighted by molar-refractivity contribution is 8.00. The average molecular weight is 1210 g/mol. The fourth-order valence-corrected chi connectivity index (χ4v) is 17.1. The molecule has 0 fully saturated rings. The largest absolute Gasteiger partial charge is 0.311 e. The summed E-state index contributed by atoms with van der Waals surface area (Å²) in [6, 6.07) is 121. The summed E-state index contributed by atoms with van der Waals surface area (Å²) in [7, 11) is 0. The van der Waals surface area contributed by atoms with E-state index >= 15 is 0 Å². The molecule has 18 rings (SSSR count). The van der Waals surface area contributed by atoms with Crippen molar-refractivity contribution in [3.63, 3.8) is 0 Å². The smallest absolute Gasteiger partial charge is 0.249 e. The molecule has 4 aliphatic rings. The maximum atomic E-state index is 4.95. The molecular weight excluding hydrogens is 1150 g/mol. The van der Waals surface area contributed by atoms with Crippen LogP contribution in [0.4, 0.5) is 68.2 Å². The van der Waals surface area contributed by atoms with Crippen LogP contribution in [0.25, 0.3) is 33.5 Å². The molecule has 0 atom stereocenters. The van der Waals surface area contributed by atoms with Crippen molar-refractivity contribution in [2.45, 2.75) is 19.6 Å². The molecule has 0 unspecified atom stereocenters. The number of anilines is 12. The Bertz CT molecular complexity index is 5050. The fraction of sp³-hybridized carbons (Fsp3) is 0. The lowest BCUT2D eigenvalue weighted by Crippen LogP contribution is -2.64. The molecule has 0 saturated carbocycles. The topological polar surface area (TPSA) is 25.9 Å². The van der Waals surface area contributed by atoms with Crippen LogP contribution in [-0.4, -0.2) is 18.4 Å². The first kappa shape index (κ1) is 54.0. The molecule has 0 spiro atoms. The minimum Gasteiger partial charge on any atom is -0.311 e. The third-order valence-electron chi connectivity index (χ3n) is 18.5. The Morgan fingerprint density at radius 2 is 0.728 bits per heavy atom. The number of hydrogen-bond donors (Lipinski definition) is 0. The third-order valence-corrected chi connectivity index (χ3v) is 20.8. The Kier molecular flexibility index (Phi) is 13.2. The maximum absolute atomic E-state index is 4.95. The zero-order valence-corrected chi connectivity index (χ0v) is 51.6. The quantitative estimate of drug-likeness (QED) is 0.119. The van der Waals surface area contributed by atoms with Crippen molar-refractivity contribution < 1.29 is 0 Å². The van der Waals surface area contributed by atoms with E-state index in [1.54, 1.807) is 0 Å². The van der Waals surface area contributed by atoms with Gasteiger partial charge in [-0.1, -0.05) is 253 Å². The molecule has 0 radical (unpaired) electrons. The highest BCUT2D eigenvalue weighted by Crippen LogP contribution is 2.54. The van der Waals surface area contributed by atoms with Crippen LogP contribution in [0.15, 0.2) is 353 Å². The van der Waals surface area contributed by atoms with Crippen LogP contribution in [0.3, 0.4) is 0 Å². The first-order chi connectivity index (χ1) is 45.7. The second kappa shape index (κ2) is 22.5. The minimum atomic E-state index is -0.116. The van der Waals surface area contributed by atoms with Crippen LogP contribution in [0.5, 0.6) is 0 Å². The van der Waals surface area contributed by atoms with Crippen molar-refractivity contribution >= 4 is 138 Å². The third kappa shape index (κ3) is 8.94. The SMILES string of the molecule is c1ccc(-c2cccc(-c3ccccc3)c2N2c3cc4c(cc3B3c5ccccc5Sc5cc(N(c6ccccc6)c6ccccc6)cc2c53)B2c3ccccc3Sc3cc(N(c5ccccc5)c5ccccc5-c5ccccn5)cc(c32)N4c2ccccc2)cc1. The number of hydrogen-bond acceptors (Lipinski definition) is 7. The van der Waals surface area contributed by atoms with Gasteiger partial charge in [0.1, 0.15) is 0 Å². The lowest BCUT2D eigenvalue weighted by molar-refractivity contribution is 1.21. The van der Waals surface area contributed by atoms with Gasteiger partial charge in [0.2, 0.25) is 13.4 Å². The van der Waals surface area contributed by atoms with E-state index in [0.717, 1.165) is 102 Å². The van der Waals surface area contributed by atoms with Gasteiger partial charge in [-0.2, -0.15) is 0 Å². The van der Waals surface area contributed by atoms with Crippen molar-refractivity contribution in [1.82, 2.24) is 4.98 Å². The molecule has 92 heavy (non-hydrogen) atoms. The fourth-order valence-electron chi connectivity index (χ4n) is 14.7. The van der Waals surface area contributed by atoms with Crippen molar-refractivity contribution in [1.29, 1.82) is 0 Å². The number of fused-ring (bicyclic) bond motifs is 8. The van der Waals surface area contributed by atoms with Gasteiger partial charge < -0.3 is 19.6 Å². The zero-order valence-electron chi connectivity index (χ0n) is 50.0. The van der Waals surface area contributed by atoms with Crippen LogP contribution in [0, 0.1) is 0 Å². The Morgan fingerprint density at radius 3 is 1.27 bits per heavy atom. The number of para-hydroxylation sites is 6. The van der Waals surface area contributed by atoms with E-state index in [-0.39, 0.29) is 13.4 Å². The lowest BCUT2D eigenvalue weighted by Gasteiger charge is -2.45. The van der Waals surface area contributed by atoms with E-state index < -0.39 is 0 Å². The number of aromatic nitrogens is 1. The van der Waals surface area contributed by atoms with Crippen LogP contribution < -0.4 is 52.4 Å². The molecule has 0 saturated heterocycles. The summed E-state index contributed by atoms with van der Waals surface area (Å²) < 4.78 is 0. The van der Waals surface area contributed by atoms with Crippen molar-refractivity contribution in [2.75, 3.05) is 19.6 Å². The monoisotopic (exact) mass is 1210 g/mol. The van der Waals surface area contributed by atoms with Crippen LogP contribution >= 0.6 is 23.5 Å². The van der Waals surface area contributed by atoms with Gasteiger partial charge in [-0.25, -0.2) is 0 Å². The molecule has 13 aromatic carbocycles. The zero-order chi connectivity index (χ0) is 60.6.